The minimum Gasteiger partial charge on any atom is -0.383 e. The van der Waals surface area contributed by atoms with Gasteiger partial charge < -0.3 is 30.7 Å². The van der Waals surface area contributed by atoms with Crippen molar-refractivity contribution in [3.8, 4) is 11.1 Å². The Morgan fingerprint density at radius 2 is 1.84 bits per heavy atom. The number of hydrogen-bond acceptors (Lipinski definition) is 8. The lowest BCUT2D eigenvalue weighted by Crippen LogP contribution is -2.48. The van der Waals surface area contributed by atoms with E-state index < -0.39 is 17.8 Å². The van der Waals surface area contributed by atoms with Crippen molar-refractivity contribution in [3.63, 3.8) is 0 Å². The first-order valence-electron chi connectivity index (χ1n) is 13.6. The Hall–Kier alpha value is -4.04. The van der Waals surface area contributed by atoms with Gasteiger partial charge in [-0.1, -0.05) is 36.4 Å². The number of alkyl halides is 2. The number of nitrogens with zero attached hydrogens (tertiary/aromatic N) is 1. The molecule has 3 aliphatic rings. The largest absolute Gasteiger partial charge is 0.383 e. The van der Waals surface area contributed by atoms with Crippen molar-refractivity contribution >= 4 is 35.3 Å². The minimum absolute atomic E-state index is 0.00433. The van der Waals surface area contributed by atoms with Crippen LogP contribution in [0.25, 0.3) is 11.1 Å². The van der Waals surface area contributed by atoms with Gasteiger partial charge in [-0.2, -0.15) is 8.78 Å². The van der Waals surface area contributed by atoms with E-state index in [0.29, 0.717) is 54.0 Å². The number of ether oxygens (including phenoxy) is 2. The number of likely N-dealkylation sites (tertiary alicyclic amines) is 1. The fourth-order valence-corrected chi connectivity index (χ4v) is 6.28. The average Bonchev–Trinajstić information content (AvgIpc) is 3.79. The molecular weight excluding hydrogens is 580 g/mol. The van der Waals surface area contributed by atoms with Crippen LogP contribution in [0.15, 0.2) is 54.6 Å². The van der Waals surface area contributed by atoms with Gasteiger partial charge in [0, 0.05) is 28.0 Å². The van der Waals surface area contributed by atoms with Gasteiger partial charge in [0.15, 0.2) is 5.79 Å². The SMILES string of the molecule is CNCC(=O)N1CC2(CC1C(=O)NCc1ccc(C(=N)N)s1)OCCO2.O=Cc1ccc2c(c1)-c1ccccc1C2(F)F. The molecule has 13 heteroatoms. The quantitative estimate of drug-likeness (QED) is 0.183. The summed E-state index contributed by atoms with van der Waals surface area (Å²) in [6.07, 6.45) is 0.983. The van der Waals surface area contributed by atoms with E-state index in [1.807, 2.05) is 6.07 Å². The highest BCUT2D eigenvalue weighted by Gasteiger charge is 2.52. The highest BCUT2D eigenvalue weighted by Crippen LogP contribution is 2.50. The van der Waals surface area contributed by atoms with Gasteiger partial charge in [0.2, 0.25) is 11.8 Å². The maximum Gasteiger partial charge on any atom is 0.299 e. The number of likely N-dealkylation sites (N-methyl/N-ethyl adjacent to an activating group) is 1. The number of amidine groups is 1. The van der Waals surface area contributed by atoms with E-state index in [0.717, 1.165) is 4.88 Å². The molecule has 2 saturated heterocycles. The number of carbonyl (C=O) groups excluding carboxylic acids is 3. The molecule has 226 valence electrons. The lowest BCUT2D eigenvalue weighted by Gasteiger charge is -2.24. The number of nitrogens with one attached hydrogen (secondary N) is 3. The van der Waals surface area contributed by atoms with E-state index in [9.17, 15) is 23.2 Å². The number of nitrogen functional groups attached to an aromatic ring is 1. The predicted octanol–water partition coefficient (Wildman–Crippen LogP) is 2.83. The number of nitrogens with two attached hydrogens (primary N) is 1. The zero-order valence-electron chi connectivity index (χ0n) is 23.3. The van der Waals surface area contributed by atoms with Crippen LogP contribution < -0.4 is 16.4 Å². The Balaban J connectivity index is 0.000000186. The standard InChI is InChI=1S/C16H23N5O4S.C14H8F2O/c1-19-8-13(22)21-9-16(24-4-5-25-16)6-11(21)15(23)20-7-10-2-3-12(26-10)14(17)18;15-14(16)12-4-2-1-3-10(12)11-7-9(8-17)5-6-13(11)14/h2-3,11,19H,4-9H2,1H3,(H3,17,18)(H,20,23);1-8H. The third-order valence-electron chi connectivity index (χ3n) is 7.49. The Morgan fingerprint density at radius 1 is 1.12 bits per heavy atom. The van der Waals surface area contributed by atoms with Gasteiger partial charge in [-0.05, 0) is 36.4 Å². The van der Waals surface area contributed by atoms with Crippen LogP contribution in [0, 0.1) is 5.41 Å². The van der Waals surface area contributed by atoms with Crippen molar-refractivity contribution in [1.82, 2.24) is 15.5 Å². The molecule has 2 amide bonds. The molecule has 6 rings (SSSR count). The molecule has 43 heavy (non-hydrogen) atoms. The van der Waals surface area contributed by atoms with E-state index in [-0.39, 0.29) is 41.9 Å². The van der Waals surface area contributed by atoms with E-state index in [4.69, 9.17) is 20.6 Å². The molecule has 0 bridgehead atoms. The number of halogens is 2. The Morgan fingerprint density at radius 3 is 2.51 bits per heavy atom. The molecule has 10 nitrogen and oxygen atoms in total. The maximum absolute atomic E-state index is 14.1. The van der Waals surface area contributed by atoms with Crippen molar-refractivity contribution in [2.45, 2.75) is 30.7 Å². The van der Waals surface area contributed by atoms with Crippen LogP contribution >= 0.6 is 11.3 Å². The number of thiophene rings is 1. The van der Waals surface area contributed by atoms with Gasteiger partial charge in [-0.25, -0.2) is 0 Å². The number of carbonyl (C=O) groups is 3. The molecule has 1 atom stereocenters. The molecular formula is C30H31F2N5O5S. The number of aldehydes is 1. The molecule has 2 aliphatic heterocycles. The second kappa shape index (κ2) is 12.3. The molecule has 2 aromatic carbocycles. The molecule has 3 aromatic rings. The van der Waals surface area contributed by atoms with E-state index >= 15 is 0 Å². The smallest absolute Gasteiger partial charge is 0.299 e. The molecule has 2 fully saturated rings. The first kappa shape index (κ1) is 30.4. The highest BCUT2D eigenvalue weighted by atomic mass is 32.1. The number of hydrogen-bond donors (Lipinski definition) is 4. The molecule has 0 radical (unpaired) electrons. The third-order valence-corrected chi connectivity index (χ3v) is 8.61. The van der Waals surface area contributed by atoms with Crippen molar-refractivity contribution in [3.05, 3.63) is 81.0 Å². The monoisotopic (exact) mass is 611 g/mol. The zero-order chi connectivity index (χ0) is 30.8. The van der Waals surface area contributed by atoms with Gasteiger partial charge in [0.1, 0.15) is 18.2 Å². The van der Waals surface area contributed by atoms with Crippen molar-refractivity contribution < 1.29 is 32.6 Å². The average molecular weight is 612 g/mol. The van der Waals surface area contributed by atoms with E-state index in [1.54, 1.807) is 31.3 Å². The number of benzene rings is 2. The van der Waals surface area contributed by atoms with Gasteiger partial charge in [0.25, 0.3) is 5.92 Å². The summed E-state index contributed by atoms with van der Waals surface area (Å²) in [4.78, 5) is 38.9. The maximum atomic E-state index is 14.1. The fraction of sp³-hybridized carbons (Fsp3) is 0.333. The van der Waals surface area contributed by atoms with Gasteiger partial charge in [0.05, 0.1) is 37.7 Å². The van der Waals surface area contributed by atoms with Crippen LogP contribution in [-0.4, -0.2) is 74.0 Å². The second-order valence-corrected chi connectivity index (χ2v) is 11.5. The summed E-state index contributed by atoms with van der Waals surface area (Å²) in [7, 11) is 1.69. The summed E-state index contributed by atoms with van der Waals surface area (Å²) in [5.41, 5.74) is 6.82. The van der Waals surface area contributed by atoms with Crippen LogP contribution in [0.5, 0.6) is 0 Å². The molecule has 0 saturated carbocycles. The van der Waals surface area contributed by atoms with Crippen molar-refractivity contribution in [2.75, 3.05) is 33.4 Å². The Kier molecular flexibility index (Phi) is 8.69. The Labute approximate surface area is 250 Å². The van der Waals surface area contributed by atoms with Crippen molar-refractivity contribution in [1.29, 1.82) is 5.41 Å². The van der Waals surface area contributed by atoms with Crippen LogP contribution in [0.1, 0.15) is 37.7 Å². The topological polar surface area (TPSA) is 147 Å². The van der Waals surface area contributed by atoms with Gasteiger partial charge in [-0.3, -0.25) is 19.8 Å². The zero-order valence-corrected chi connectivity index (χ0v) is 24.1. The lowest BCUT2D eigenvalue weighted by atomic mass is 10.0. The number of fused-ring (bicyclic) bond motifs is 3. The van der Waals surface area contributed by atoms with Gasteiger partial charge in [-0.15, -0.1) is 11.3 Å². The molecule has 1 unspecified atom stereocenters. The highest BCUT2D eigenvalue weighted by molar-refractivity contribution is 7.14. The lowest BCUT2D eigenvalue weighted by molar-refractivity contribution is -0.152. The van der Waals surface area contributed by atoms with Crippen LogP contribution in [0.4, 0.5) is 8.78 Å². The van der Waals surface area contributed by atoms with E-state index in [1.165, 1.54) is 40.5 Å². The van der Waals surface area contributed by atoms with Crippen LogP contribution in [-0.2, 0) is 31.5 Å². The molecule has 5 N–H and O–H groups in total. The fourth-order valence-electron chi connectivity index (χ4n) is 5.47. The second-order valence-electron chi connectivity index (χ2n) is 10.3. The first-order chi connectivity index (χ1) is 20.6. The number of rotatable bonds is 7. The summed E-state index contributed by atoms with van der Waals surface area (Å²) in [6.45, 7) is 1.64. The summed E-state index contributed by atoms with van der Waals surface area (Å²) < 4.78 is 39.5. The summed E-state index contributed by atoms with van der Waals surface area (Å²) in [5, 5.41) is 13.1. The summed E-state index contributed by atoms with van der Waals surface area (Å²) >= 11 is 1.36. The minimum atomic E-state index is -2.96. The number of amides is 2. The van der Waals surface area contributed by atoms with Crippen LogP contribution in [0.2, 0.25) is 0 Å². The van der Waals surface area contributed by atoms with Crippen molar-refractivity contribution in [2.24, 2.45) is 5.73 Å². The third kappa shape index (κ3) is 6.07. The van der Waals surface area contributed by atoms with E-state index in [2.05, 4.69) is 10.6 Å². The van der Waals surface area contributed by atoms with Crippen LogP contribution in [0.3, 0.4) is 0 Å². The predicted molar refractivity (Wildman–Crippen MR) is 156 cm³/mol. The normalized spacial score (nSPS) is 18.9. The molecule has 3 heterocycles. The Bertz CT molecular complexity index is 1560. The molecule has 1 spiro atoms. The molecule has 1 aromatic heterocycles. The summed E-state index contributed by atoms with van der Waals surface area (Å²) in [5.74, 6) is -4.25. The van der Waals surface area contributed by atoms with Gasteiger partial charge >= 0.3 is 0 Å². The summed E-state index contributed by atoms with van der Waals surface area (Å²) in [6, 6.07) is 13.6. The molecule has 1 aliphatic carbocycles. The first-order valence-corrected chi connectivity index (χ1v) is 14.4.